The molecule has 0 bridgehead atoms. The first-order valence-corrected chi connectivity index (χ1v) is 7.65. The van der Waals surface area contributed by atoms with Crippen LogP contribution >= 0.6 is 0 Å². The molecule has 2 amide bonds. The lowest BCUT2D eigenvalue weighted by molar-refractivity contribution is -0.138. The third-order valence-corrected chi connectivity index (χ3v) is 3.53. The largest absolute Gasteiger partial charge is 0.354 e. The van der Waals surface area contributed by atoms with E-state index in [-0.39, 0.29) is 11.8 Å². The summed E-state index contributed by atoms with van der Waals surface area (Å²) in [6.45, 7) is 6.54. The highest BCUT2D eigenvalue weighted by Gasteiger charge is 2.23. The fourth-order valence-electron chi connectivity index (χ4n) is 2.18. The Morgan fingerprint density at radius 2 is 1.86 bits per heavy atom. The van der Waals surface area contributed by atoms with Gasteiger partial charge in [-0.25, -0.2) is 0 Å². The van der Waals surface area contributed by atoms with Crippen molar-refractivity contribution in [2.24, 2.45) is 0 Å². The normalized spacial score (nSPS) is 11.8. The van der Waals surface area contributed by atoms with E-state index in [0.717, 1.165) is 24.8 Å². The summed E-state index contributed by atoms with van der Waals surface area (Å²) in [5, 5.41) is 2.91. The van der Waals surface area contributed by atoms with Crippen LogP contribution in [0.2, 0.25) is 0 Å². The van der Waals surface area contributed by atoms with Gasteiger partial charge in [-0.3, -0.25) is 9.59 Å². The van der Waals surface area contributed by atoms with Crippen LogP contribution in [0.1, 0.15) is 45.6 Å². The molecule has 0 saturated carbocycles. The molecule has 1 rings (SSSR count). The highest BCUT2D eigenvalue weighted by molar-refractivity contribution is 5.86. The molecule has 1 aromatic carbocycles. The number of hydrogen-bond donors (Lipinski definition) is 1. The molecule has 0 unspecified atom stereocenters. The number of unbranched alkanes of at least 4 members (excludes halogenated alkanes) is 2. The van der Waals surface area contributed by atoms with Crippen molar-refractivity contribution < 1.29 is 9.59 Å². The van der Waals surface area contributed by atoms with Gasteiger partial charge in [0.05, 0.1) is 0 Å². The van der Waals surface area contributed by atoms with Crippen LogP contribution in [0.15, 0.2) is 30.3 Å². The number of nitrogens with zero attached hydrogens (tertiary/aromatic N) is 1. The quantitative estimate of drug-likeness (QED) is 0.748. The molecular formula is C17H26N2O2. The van der Waals surface area contributed by atoms with Gasteiger partial charge in [0, 0.05) is 20.0 Å². The molecule has 0 spiro atoms. The van der Waals surface area contributed by atoms with Crippen LogP contribution in [-0.2, 0) is 16.1 Å². The van der Waals surface area contributed by atoms with E-state index in [2.05, 4.69) is 12.2 Å². The Bertz CT molecular complexity index is 445. The average Bonchev–Trinajstić information content (AvgIpc) is 2.49. The molecule has 0 heterocycles. The van der Waals surface area contributed by atoms with Crippen molar-refractivity contribution in [3.05, 3.63) is 35.9 Å². The average molecular weight is 290 g/mol. The van der Waals surface area contributed by atoms with Crippen LogP contribution in [-0.4, -0.2) is 29.3 Å². The summed E-state index contributed by atoms with van der Waals surface area (Å²) in [7, 11) is 0. The second-order valence-electron chi connectivity index (χ2n) is 5.31. The Hall–Kier alpha value is -1.84. The van der Waals surface area contributed by atoms with E-state index >= 15 is 0 Å². The Balaban J connectivity index is 2.58. The molecule has 1 atom stereocenters. The van der Waals surface area contributed by atoms with Crippen molar-refractivity contribution in [3.8, 4) is 0 Å². The monoisotopic (exact) mass is 290 g/mol. The molecule has 116 valence electrons. The number of carbonyl (C=O) groups is 2. The molecule has 0 aliphatic carbocycles. The SMILES string of the molecule is CCCCCNC(=O)[C@@H](C)N(Cc1ccccc1)C(C)=O. The Labute approximate surface area is 127 Å². The van der Waals surface area contributed by atoms with Gasteiger partial charge >= 0.3 is 0 Å². The number of amides is 2. The summed E-state index contributed by atoms with van der Waals surface area (Å²) in [6.07, 6.45) is 3.21. The van der Waals surface area contributed by atoms with E-state index in [1.54, 1.807) is 11.8 Å². The predicted octanol–water partition coefficient (Wildman–Crippen LogP) is 2.73. The van der Waals surface area contributed by atoms with E-state index < -0.39 is 6.04 Å². The molecule has 1 aromatic rings. The lowest BCUT2D eigenvalue weighted by Crippen LogP contribution is -2.47. The highest BCUT2D eigenvalue weighted by atomic mass is 16.2. The van der Waals surface area contributed by atoms with Gasteiger partial charge in [0.2, 0.25) is 11.8 Å². The van der Waals surface area contributed by atoms with Crippen LogP contribution in [0.4, 0.5) is 0 Å². The molecular weight excluding hydrogens is 264 g/mol. The summed E-state index contributed by atoms with van der Waals surface area (Å²) in [5.41, 5.74) is 1.03. The number of benzene rings is 1. The number of rotatable bonds is 8. The van der Waals surface area contributed by atoms with Crippen molar-refractivity contribution >= 4 is 11.8 Å². The summed E-state index contributed by atoms with van der Waals surface area (Å²) < 4.78 is 0. The Morgan fingerprint density at radius 1 is 1.19 bits per heavy atom. The van der Waals surface area contributed by atoms with Gasteiger partial charge in [-0.1, -0.05) is 50.1 Å². The van der Waals surface area contributed by atoms with Gasteiger partial charge in [-0.05, 0) is 18.9 Å². The highest BCUT2D eigenvalue weighted by Crippen LogP contribution is 2.09. The first kappa shape index (κ1) is 17.2. The van der Waals surface area contributed by atoms with E-state index in [4.69, 9.17) is 0 Å². The topological polar surface area (TPSA) is 49.4 Å². The third-order valence-electron chi connectivity index (χ3n) is 3.53. The van der Waals surface area contributed by atoms with E-state index in [1.807, 2.05) is 30.3 Å². The van der Waals surface area contributed by atoms with Crippen molar-refractivity contribution in [3.63, 3.8) is 0 Å². The minimum absolute atomic E-state index is 0.0859. The number of nitrogens with one attached hydrogen (secondary N) is 1. The van der Waals surface area contributed by atoms with Crippen LogP contribution in [0.3, 0.4) is 0 Å². The standard InChI is InChI=1S/C17H26N2O2/c1-4-5-9-12-18-17(21)14(2)19(15(3)20)13-16-10-7-6-8-11-16/h6-8,10-11,14H,4-5,9,12-13H2,1-3H3,(H,18,21)/t14-/m1/s1. The Morgan fingerprint density at radius 3 is 2.43 bits per heavy atom. The maximum absolute atomic E-state index is 12.1. The molecule has 21 heavy (non-hydrogen) atoms. The van der Waals surface area contributed by atoms with Crippen LogP contribution in [0, 0.1) is 0 Å². The first-order valence-electron chi connectivity index (χ1n) is 7.65. The van der Waals surface area contributed by atoms with Crippen LogP contribution < -0.4 is 5.32 Å². The number of hydrogen-bond acceptors (Lipinski definition) is 2. The zero-order chi connectivity index (χ0) is 15.7. The van der Waals surface area contributed by atoms with Crippen molar-refractivity contribution in [1.29, 1.82) is 0 Å². The van der Waals surface area contributed by atoms with Crippen LogP contribution in [0.5, 0.6) is 0 Å². The molecule has 0 fully saturated rings. The molecule has 0 aromatic heterocycles. The lowest BCUT2D eigenvalue weighted by Gasteiger charge is -2.27. The van der Waals surface area contributed by atoms with Gasteiger partial charge in [0.25, 0.3) is 0 Å². The van der Waals surface area contributed by atoms with Gasteiger partial charge in [-0.2, -0.15) is 0 Å². The van der Waals surface area contributed by atoms with Gasteiger partial charge in [0.1, 0.15) is 6.04 Å². The van der Waals surface area contributed by atoms with Gasteiger partial charge in [-0.15, -0.1) is 0 Å². The summed E-state index contributed by atoms with van der Waals surface area (Å²) >= 11 is 0. The fourth-order valence-corrected chi connectivity index (χ4v) is 2.18. The van der Waals surface area contributed by atoms with Crippen LogP contribution in [0.25, 0.3) is 0 Å². The molecule has 0 aliphatic heterocycles. The molecule has 1 N–H and O–H groups in total. The lowest BCUT2D eigenvalue weighted by atomic mass is 10.1. The summed E-state index contributed by atoms with van der Waals surface area (Å²) in [6, 6.07) is 9.27. The molecule has 4 heteroatoms. The molecule has 4 nitrogen and oxygen atoms in total. The summed E-state index contributed by atoms with van der Waals surface area (Å²) in [5.74, 6) is -0.174. The maximum Gasteiger partial charge on any atom is 0.242 e. The zero-order valence-electron chi connectivity index (χ0n) is 13.3. The third kappa shape index (κ3) is 5.98. The van der Waals surface area contributed by atoms with Crippen molar-refractivity contribution in [2.45, 2.75) is 52.6 Å². The zero-order valence-corrected chi connectivity index (χ0v) is 13.3. The smallest absolute Gasteiger partial charge is 0.242 e. The minimum atomic E-state index is -0.454. The van der Waals surface area contributed by atoms with Gasteiger partial charge in [0.15, 0.2) is 0 Å². The van der Waals surface area contributed by atoms with E-state index in [0.29, 0.717) is 13.1 Å². The molecule has 0 radical (unpaired) electrons. The molecule has 0 saturated heterocycles. The predicted molar refractivity (Wildman–Crippen MR) is 84.7 cm³/mol. The van der Waals surface area contributed by atoms with Crippen molar-refractivity contribution in [1.82, 2.24) is 10.2 Å². The fraction of sp³-hybridized carbons (Fsp3) is 0.529. The molecule has 0 aliphatic rings. The van der Waals surface area contributed by atoms with E-state index in [9.17, 15) is 9.59 Å². The van der Waals surface area contributed by atoms with E-state index in [1.165, 1.54) is 6.92 Å². The second-order valence-corrected chi connectivity index (χ2v) is 5.31. The van der Waals surface area contributed by atoms with Crippen molar-refractivity contribution in [2.75, 3.05) is 6.54 Å². The number of carbonyl (C=O) groups excluding carboxylic acids is 2. The minimum Gasteiger partial charge on any atom is -0.354 e. The first-order chi connectivity index (χ1) is 10.1. The summed E-state index contributed by atoms with van der Waals surface area (Å²) in [4.78, 5) is 25.6. The Kier molecular flexibility index (Phi) is 7.51. The second kappa shape index (κ2) is 9.16. The maximum atomic E-state index is 12.1. The van der Waals surface area contributed by atoms with Gasteiger partial charge < -0.3 is 10.2 Å².